The first-order valence-corrected chi connectivity index (χ1v) is 6.56. The standard InChI is InChI=1S/C18H20O/c1-18(2,14-19)17-10-6-9-16(13-17)12-11-15-7-4-3-5-8-15/h3-13,19H,14H2,1-2H3. The fraction of sp³-hybridized carbons (Fsp3) is 0.222. The highest BCUT2D eigenvalue weighted by atomic mass is 16.3. The molecule has 19 heavy (non-hydrogen) atoms. The maximum Gasteiger partial charge on any atom is 0.0522 e. The Labute approximate surface area is 115 Å². The molecule has 0 saturated carbocycles. The van der Waals surface area contributed by atoms with Gasteiger partial charge < -0.3 is 5.11 Å². The van der Waals surface area contributed by atoms with E-state index in [0.717, 1.165) is 11.1 Å². The summed E-state index contributed by atoms with van der Waals surface area (Å²) in [5, 5.41) is 9.43. The molecule has 2 rings (SSSR count). The highest BCUT2D eigenvalue weighted by Gasteiger charge is 2.18. The van der Waals surface area contributed by atoms with Crippen LogP contribution in [0.1, 0.15) is 30.5 Å². The molecule has 0 atom stereocenters. The summed E-state index contributed by atoms with van der Waals surface area (Å²) in [5.41, 5.74) is 3.30. The first-order chi connectivity index (χ1) is 9.12. The van der Waals surface area contributed by atoms with E-state index in [2.05, 4.69) is 42.5 Å². The summed E-state index contributed by atoms with van der Waals surface area (Å²) in [6.45, 7) is 4.25. The minimum atomic E-state index is -0.198. The Morgan fingerprint density at radius 2 is 1.53 bits per heavy atom. The quantitative estimate of drug-likeness (QED) is 0.811. The van der Waals surface area contributed by atoms with Crippen LogP contribution in [-0.2, 0) is 5.41 Å². The Morgan fingerprint density at radius 1 is 0.895 bits per heavy atom. The Balaban J connectivity index is 2.23. The normalized spacial score (nSPS) is 11.9. The van der Waals surface area contributed by atoms with Gasteiger partial charge in [-0.1, -0.05) is 80.6 Å². The van der Waals surface area contributed by atoms with Crippen LogP contribution in [0.3, 0.4) is 0 Å². The summed E-state index contributed by atoms with van der Waals surface area (Å²) in [6.07, 6.45) is 4.21. The number of aliphatic hydroxyl groups is 1. The van der Waals surface area contributed by atoms with Crippen LogP contribution in [0.15, 0.2) is 54.6 Å². The highest BCUT2D eigenvalue weighted by molar-refractivity contribution is 5.69. The van der Waals surface area contributed by atoms with Crippen molar-refractivity contribution < 1.29 is 5.11 Å². The van der Waals surface area contributed by atoms with Crippen molar-refractivity contribution in [1.29, 1.82) is 0 Å². The maximum absolute atomic E-state index is 9.43. The molecule has 1 nitrogen and oxygen atoms in total. The second-order valence-corrected chi connectivity index (χ2v) is 5.41. The minimum absolute atomic E-state index is 0.152. The van der Waals surface area contributed by atoms with Gasteiger partial charge >= 0.3 is 0 Å². The molecule has 0 saturated heterocycles. The molecule has 1 N–H and O–H groups in total. The average molecular weight is 252 g/mol. The molecule has 2 aromatic rings. The van der Waals surface area contributed by atoms with Gasteiger partial charge in [-0.15, -0.1) is 0 Å². The van der Waals surface area contributed by atoms with Crippen LogP contribution in [0.5, 0.6) is 0 Å². The van der Waals surface area contributed by atoms with E-state index >= 15 is 0 Å². The monoisotopic (exact) mass is 252 g/mol. The predicted molar refractivity (Wildman–Crippen MR) is 81.9 cm³/mol. The van der Waals surface area contributed by atoms with E-state index < -0.39 is 0 Å². The van der Waals surface area contributed by atoms with Crippen LogP contribution in [0.2, 0.25) is 0 Å². The van der Waals surface area contributed by atoms with Gasteiger partial charge in [-0.3, -0.25) is 0 Å². The molecular weight excluding hydrogens is 232 g/mol. The van der Waals surface area contributed by atoms with E-state index in [9.17, 15) is 5.11 Å². The molecule has 0 heterocycles. The number of aliphatic hydroxyl groups excluding tert-OH is 1. The van der Waals surface area contributed by atoms with Crippen molar-refractivity contribution in [2.75, 3.05) is 6.61 Å². The van der Waals surface area contributed by atoms with Crippen molar-refractivity contribution in [2.24, 2.45) is 0 Å². The molecular formula is C18H20O. The summed E-state index contributed by atoms with van der Waals surface area (Å²) in [7, 11) is 0. The van der Waals surface area contributed by atoms with Gasteiger partial charge in [0.1, 0.15) is 0 Å². The summed E-state index contributed by atoms with van der Waals surface area (Å²) < 4.78 is 0. The number of hydrogen-bond acceptors (Lipinski definition) is 1. The molecule has 0 aliphatic carbocycles. The third kappa shape index (κ3) is 3.55. The van der Waals surface area contributed by atoms with E-state index in [-0.39, 0.29) is 12.0 Å². The second-order valence-electron chi connectivity index (χ2n) is 5.41. The lowest BCUT2D eigenvalue weighted by atomic mass is 9.85. The Kier molecular flexibility index (Phi) is 4.18. The summed E-state index contributed by atoms with van der Waals surface area (Å²) in [6, 6.07) is 18.6. The van der Waals surface area contributed by atoms with Gasteiger partial charge in [-0.25, -0.2) is 0 Å². The molecule has 0 radical (unpaired) electrons. The van der Waals surface area contributed by atoms with Crippen molar-refractivity contribution in [2.45, 2.75) is 19.3 Å². The van der Waals surface area contributed by atoms with E-state index in [1.807, 2.05) is 38.1 Å². The van der Waals surface area contributed by atoms with Crippen molar-refractivity contribution >= 4 is 12.2 Å². The van der Waals surface area contributed by atoms with Gasteiger partial charge in [-0.2, -0.15) is 0 Å². The number of rotatable bonds is 4. The van der Waals surface area contributed by atoms with E-state index in [0.29, 0.717) is 0 Å². The molecule has 0 spiro atoms. The zero-order valence-electron chi connectivity index (χ0n) is 11.5. The Bertz CT molecular complexity index is 553. The first kappa shape index (κ1) is 13.6. The lowest BCUT2D eigenvalue weighted by molar-refractivity contribution is 0.218. The van der Waals surface area contributed by atoms with Crippen molar-refractivity contribution in [1.82, 2.24) is 0 Å². The zero-order valence-corrected chi connectivity index (χ0v) is 11.5. The minimum Gasteiger partial charge on any atom is -0.395 e. The van der Waals surface area contributed by atoms with Crippen LogP contribution in [-0.4, -0.2) is 11.7 Å². The third-order valence-electron chi connectivity index (χ3n) is 3.33. The summed E-state index contributed by atoms with van der Waals surface area (Å²) in [4.78, 5) is 0. The van der Waals surface area contributed by atoms with E-state index in [4.69, 9.17) is 0 Å². The van der Waals surface area contributed by atoms with Crippen LogP contribution in [0.4, 0.5) is 0 Å². The van der Waals surface area contributed by atoms with Gasteiger partial charge in [0.05, 0.1) is 6.61 Å². The van der Waals surface area contributed by atoms with Crippen LogP contribution >= 0.6 is 0 Å². The third-order valence-corrected chi connectivity index (χ3v) is 3.33. The van der Waals surface area contributed by atoms with Crippen molar-refractivity contribution in [3.63, 3.8) is 0 Å². The van der Waals surface area contributed by atoms with Crippen LogP contribution in [0.25, 0.3) is 12.2 Å². The lowest BCUT2D eigenvalue weighted by Crippen LogP contribution is -2.21. The zero-order chi connectivity index (χ0) is 13.7. The van der Waals surface area contributed by atoms with Crippen LogP contribution < -0.4 is 0 Å². The largest absolute Gasteiger partial charge is 0.395 e. The summed E-state index contributed by atoms with van der Waals surface area (Å²) >= 11 is 0. The molecule has 0 aliphatic rings. The smallest absolute Gasteiger partial charge is 0.0522 e. The molecule has 0 amide bonds. The highest BCUT2D eigenvalue weighted by Crippen LogP contribution is 2.23. The Hall–Kier alpha value is -1.86. The molecule has 1 heteroatoms. The van der Waals surface area contributed by atoms with E-state index in [1.54, 1.807) is 0 Å². The molecule has 0 bridgehead atoms. The second kappa shape index (κ2) is 5.85. The van der Waals surface area contributed by atoms with Gasteiger partial charge in [0.25, 0.3) is 0 Å². The Morgan fingerprint density at radius 3 is 2.21 bits per heavy atom. The van der Waals surface area contributed by atoms with Crippen LogP contribution in [0, 0.1) is 0 Å². The topological polar surface area (TPSA) is 20.2 Å². The SMILES string of the molecule is CC(C)(CO)c1cccc(C=Cc2ccccc2)c1. The fourth-order valence-electron chi connectivity index (χ4n) is 1.91. The maximum atomic E-state index is 9.43. The van der Waals surface area contributed by atoms with Crippen molar-refractivity contribution in [3.05, 3.63) is 71.3 Å². The molecule has 0 aromatic heterocycles. The molecule has 0 unspecified atom stereocenters. The average Bonchev–Trinajstić information content (AvgIpc) is 2.46. The number of benzene rings is 2. The first-order valence-electron chi connectivity index (χ1n) is 6.56. The van der Waals surface area contributed by atoms with Gasteiger partial charge in [0.2, 0.25) is 0 Å². The summed E-state index contributed by atoms with van der Waals surface area (Å²) in [5.74, 6) is 0. The molecule has 0 aliphatic heterocycles. The van der Waals surface area contributed by atoms with E-state index in [1.165, 1.54) is 5.56 Å². The van der Waals surface area contributed by atoms with Gasteiger partial charge in [0, 0.05) is 5.41 Å². The number of hydrogen-bond donors (Lipinski definition) is 1. The predicted octanol–water partition coefficient (Wildman–Crippen LogP) is 4.13. The van der Waals surface area contributed by atoms with Gasteiger partial charge in [-0.05, 0) is 16.7 Å². The molecule has 2 aromatic carbocycles. The van der Waals surface area contributed by atoms with Gasteiger partial charge in [0.15, 0.2) is 0 Å². The lowest BCUT2D eigenvalue weighted by Gasteiger charge is -2.22. The molecule has 0 fully saturated rings. The fourth-order valence-corrected chi connectivity index (χ4v) is 1.91. The molecule has 98 valence electrons. The van der Waals surface area contributed by atoms with Crippen molar-refractivity contribution in [3.8, 4) is 0 Å².